The number of benzene rings is 2. The van der Waals surface area contributed by atoms with E-state index in [4.69, 9.17) is 11.6 Å². The number of nitrogens with one attached hydrogen (secondary N) is 1. The van der Waals surface area contributed by atoms with Crippen molar-refractivity contribution in [2.45, 2.75) is 58.7 Å². The van der Waals surface area contributed by atoms with Crippen LogP contribution in [-0.2, 0) is 26.2 Å². The summed E-state index contributed by atoms with van der Waals surface area (Å²) in [6, 6.07) is 11.5. The minimum atomic E-state index is -3.65. The monoisotopic (exact) mass is 525 g/mol. The Hall–Kier alpha value is -2.65. The zero-order chi connectivity index (χ0) is 26.2. The molecule has 2 rings (SSSR count). The lowest BCUT2D eigenvalue weighted by Gasteiger charge is -2.32. The first-order valence-corrected chi connectivity index (χ1v) is 13.7. The summed E-state index contributed by atoms with van der Waals surface area (Å²) in [6.07, 6.45) is 1.69. The standard InChI is InChI=1S/C25H33ClFN3O4S/c1-5-23(25(32)28-18(2)3)29(17-19-9-6-7-10-22(19)26)24(31)11-8-16-30(35(4,33)34)21-14-12-20(27)13-15-21/h6-7,9-10,12-15,18,23H,5,8,11,16-17H2,1-4H3,(H,28,32). The molecule has 7 nitrogen and oxygen atoms in total. The van der Waals surface area contributed by atoms with Gasteiger partial charge in [0.2, 0.25) is 21.8 Å². The van der Waals surface area contributed by atoms with Gasteiger partial charge in [-0.3, -0.25) is 13.9 Å². The third-order valence-corrected chi connectivity index (χ3v) is 6.94. The van der Waals surface area contributed by atoms with E-state index in [1.165, 1.54) is 29.2 Å². The van der Waals surface area contributed by atoms with Crippen molar-refractivity contribution in [3.05, 3.63) is 64.9 Å². The second-order valence-corrected chi connectivity index (χ2v) is 10.9. The fraction of sp³-hybridized carbons (Fsp3) is 0.440. The van der Waals surface area contributed by atoms with Gasteiger partial charge in [0.05, 0.1) is 11.9 Å². The van der Waals surface area contributed by atoms with Crippen LogP contribution in [0.2, 0.25) is 5.02 Å². The maximum atomic E-state index is 13.3. The minimum absolute atomic E-state index is 0.0170. The Bertz CT molecular complexity index is 1110. The Kier molecular flexibility index (Phi) is 10.5. The highest BCUT2D eigenvalue weighted by Gasteiger charge is 2.29. The van der Waals surface area contributed by atoms with Gasteiger partial charge in [-0.05, 0) is 62.6 Å². The Morgan fingerprint density at radius 1 is 1.09 bits per heavy atom. The molecule has 0 saturated heterocycles. The van der Waals surface area contributed by atoms with Gasteiger partial charge in [-0.1, -0.05) is 36.7 Å². The summed E-state index contributed by atoms with van der Waals surface area (Å²) in [4.78, 5) is 27.7. The number of hydrogen-bond donors (Lipinski definition) is 1. The molecule has 0 aliphatic heterocycles. The number of nitrogens with zero attached hydrogens (tertiary/aromatic N) is 2. The molecule has 1 atom stereocenters. The van der Waals surface area contributed by atoms with E-state index in [0.29, 0.717) is 22.7 Å². The van der Waals surface area contributed by atoms with Crippen molar-refractivity contribution in [3.8, 4) is 0 Å². The maximum Gasteiger partial charge on any atom is 0.243 e. The van der Waals surface area contributed by atoms with Gasteiger partial charge in [-0.2, -0.15) is 0 Å². The van der Waals surface area contributed by atoms with E-state index in [0.717, 1.165) is 10.6 Å². The highest BCUT2D eigenvalue weighted by atomic mass is 35.5. The zero-order valence-electron chi connectivity index (χ0n) is 20.5. The average Bonchev–Trinajstić information content (AvgIpc) is 2.77. The number of carbonyl (C=O) groups is 2. The van der Waals surface area contributed by atoms with E-state index in [1.54, 1.807) is 18.2 Å². The molecule has 0 spiro atoms. The molecular formula is C25H33ClFN3O4S. The summed E-state index contributed by atoms with van der Waals surface area (Å²) in [6.45, 7) is 5.71. The second kappa shape index (κ2) is 12.9. The molecule has 10 heteroatoms. The van der Waals surface area contributed by atoms with Crippen LogP contribution in [0.3, 0.4) is 0 Å². The summed E-state index contributed by atoms with van der Waals surface area (Å²) in [5, 5.41) is 3.36. The summed E-state index contributed by atoms with van der Waals surface area (Å²) in [7, 11) is -3.65. The summed E-state index contributed by atoms with van der Waals surface area (Å²) >= 11 is 6.32. The molecule has 192 valence electrons. The molecule has 0 aliphatic carbocycles. The molecule has 2 aromatic carbocycles. The van der Waals surface area contributed by atoms with Crippen LogP contribution in [0.5, 0.6) is 0 Å². The SMILES string of the molecule is CCC(C(=O)NC(C)C)N(Cc1ccccc1Cl)C(=O)CCCN(c1ccc(F)cc1)S(C)(=O)=O. The molecule has 1 N–H and O–H groups in total. The van der Waals surface area contributed by atoms with E-state index in [9.17, 15) is 22.4 Å². The summed E-state index contributed by atoms with van der Waals surface area (Å²) in [5.41, 5.74) is 1.03. The molecule has 0 aromatic heterocycles. The first-order chi connectivity index (χ1) is 16.4. The van der Waals surface area contributed by atoms with E-state index >= 15 is 0 Å². The third-order valence-electron chi connectivity index (χ3n) is 5.38. The predicted molar refractivity (Wildman–Crippen MR) is 137 cm³/mol. The van der Waals surface area contributed by atoms with Gasteiger partial charge in [0.15, 0.2) is 0 Å². The van der Waals surface area contributed by atoms with Crippen molar-refractivity contribution in [3.63, 3.8) is 0 Å². The lowest BCUT2D eigenvalue weighted by Crippen LogP contribution is -2.50. The lowest BCUT2D eigenvalue weighted by atomic mass is 10.1. The van der Waals surface area contributed by atoms with Crippen molar-refractivity contribution >= 4 is 39.1 Å². The molecule has 0 bridgehead atoms. The van der Waals surface area contributed by atoms with Crippen LogP contribution in [0.1, 0.15) is 45.6 Å². The number of amides is 2. The Morgan fingerprint density at radius 2 is 1.71 bits per heavy atom. The van der Waals surface area contributed by atoms with Crippen LogP contribution >= 0.6 is 11.6 Å². The number of sulfonamides is 1. The number of anilines is 1. The number of carbonyl (C=O) groups excluding carboxylic acids is 2. The first-order valence-electron chi connectivity index (χ1n) is 11.5. The van der Waals surface area contributed by atoms with Gasteiger partial charge in [0, 0.05) is 30.6 Å². The fourth-order valence-electron chi connectivity index (χ4n) is 3.72. The molecular weight excluding hydrogens is 493 g/mol. The van der Waals surface area contributed by atoms with Crippen molar-refractivity contribution in [2.24, 2.45) is 0 Å². The van der Waals surface area contributed by atoms with Crippen LogP contribution in [0, 0.1) is 5.82 Å². The van der Waals surface area contributed by atoms with Gasteiger partial charge < -0.3 is 10.2 Å². The topological polar surface area (TPSA) is 86.8 Å². The first kappa shape index (κ1) is 28.6. The van der Waals surface area contributed by atoms with Crippen molar-refractivity contribution < 1.29 is 22.4 Å². The van der Waals surface area contributed by atoms with Crippen LogP contribution in [-0.4, -0.2) is 50.0 Å². The Labute approximate surface area is 212 Å². The second-order valence-electron chi connectivity index (χ2n) is 8.62. The Morgan fingerprint density at radius 3 is 2.26 bits per heavy atom. The highest BCUT2D eigenvalue weighted by molar-refractivity contribution is 7.92. The van der Waals surface area contributed by atoms with Gasteiger partial charge in [-0.25, -0.2) is 12.8 Å². The molecule has 2 aromatic rings. The molecule has 2 amide bonds. The quantitative estimate of drug-likeness (QED) is 0.446. The van der Waals surface area contributed by atoms with Crippen LogP contribution in [0.15, 0.2) is 48.5 Å². The number of rotatable bonds is 12. The summed E-state index contributed by atoms with van der Waals surface area (Å²) in [5.74, 6) is -1.02. The molecule has 0 heterocycles. The van der Waals surface area contributed by atoms with Gasteiger partial charge in [0.25, 0.3) is 0 Å². The zero-order valence-corrected chi connectivity index (χ0v) is 22.1. The predicted octanol–water partition coefficient (Wildman–Crippen LogP) is 4.36. The highest BCUT2D eigenvalue weighted by Crippen LogP contribution is 2.22. The van der Waals surface area contributed by atoms with Gasteiger partial charge in [-0.15, -0.1) is 0 Å². The summed E-state index contributed by atoms with van der Waals surface area (Å²) < 4.78 is 39.1. The average molecular weight is 526 g/mol. The molecule has 0 aliphatic rings. The van der Waals surface area contributed by atoms with Gasteiger partial charge >= 0.3 is 0 Å². The van der Waals surface area contributed by atoms with Crippen LogP contribution in [0.4, 0.5) is 10.1 Å². The normalized spacial score (nSPS) is 12.3. The van der Waals surface area contributed by atoms with Crippen LogP contribution < -0.4 is 9.62 Å². The third kappa shape index (κ3) is 8.50. The van der Waals surface area contributed by atoms with E-state index in [1.807, 2.05) is 26.8 Å². The van der Waals surface area contributed by atoms with Crippen molar-refractivity contribution in [1.82, 2.24) is 10.2 Å². The van der Waals surface area contributed by atoms with Crippen molar-refractivity contribution in [1.29, 1.82) is 0 Å². The smallest absolute Gasteiger partial charge is 0.243 e. The largest absolute Gasteiger partial charge is 0.352 e. The number of halogens is 2. The number of hydrogen-bond acceptors (Lipinski definition) is 4. The van der Waals surface area contributed by atoms with E-state index < -0.39 is 21.9 Å². The minimum Gasteiger partial charge on any atom is -0.352 e. The lowest BCUT2D eigenvalue weighted by molar-refractivity contribution is -0.141. The van der Waals surface area contributed by atoms with Crippen LogP contribution in [0.25, 0.3) is 0 Å². The van der Waals surface area contributed by atoms with E-state index in [2.05, 4.69) is 5.32 Å². The van der Waals surface area contributed by atoms with E-state index in [-0.39, 0.29) is 43.8 Å². The molecule has 1 unspecified atom stereocenters. The fourth-order valence-corrected chi connectivity index (χ4v) is 4.88. The van der Waals surface area contributed by atoms with Gasteiger partial charge in [0.1, 0.15) is 11.9 Å². The molecule has 0 radical (unpaired) electrons. The van der Waals surface area contributed by atoms with Crippen molar-refractivity contribution in [2.75, 3.05) is 17.1 Å². The molecule has 35 heavy (non-hydrogen) atoms. The maximum absolute atomic E-state index is 13.3. The molecule has 0 saturated carbocycles. The molecule has 0 fully saturated rings. The Balaban J connectivity index is 2.22.